The molecule has 1 aromatic rings. The fourth-order valence-corrected chi connectivity index (χ4v) is 3.15. The number of piperazine rings is 1. The van der Waals surface area contributed by atoms with Crippen LogP contribution in [-0.2, 0) is 10.0 Å². The summed E-state index contributed by atoms with van der Waals surface area (Å²) in [4.78, 5) is 19.0. The highest BCUT2D eigenvalue weighted by atomic mass is 32.2. The van der Waals surface area contributed by atoms with E-state index in [2.05, 4.69) is 27.3 Å². The number of anilines is 2. The van der Waals surface area contributed by atoms with Crippen LogP contribution in [0.1, 0.15) is 37.0 Å². The molecule has 0 aliphatic carbocycles. The van der Waals surface area contributed by atoms with Gasteiger partial charge in [-0.15, -0.1) is 0 Å². The molecule has 1 aliphatic rings. The highest BCUT2D eigenvalue weighted by molar-refractivity contribution is 7.92. The van der Waals surface area contributed by atoms with Gasteiger partial charge in [-0.25, -0.2) is 13.4 Å². The molecule has 9 heteroatoms. The van der Waals surface area contributed by atoms with Crippen LogP contribution in [0.2, 0.25) is 0 Å². The molecule has 1 aromatic heterocycles. The number of unbranched alkanes of at least 4 members (excludes halogenated alkanes) is 1. The van der Waals surface area contributed by atoms with E-state index in [-0.39, 0.29) is 11.7 Å². The average Bonchev–Trinajstić information content (AvgIpc) is 2.62. The summed E-state index contributed by atoms with van der Waals surface area (Å²) in [6, 6.07) is 1.57. The lowest BCUT2D eigenvalue weighted by Gasteiger charge is -2.30. The van der Waals surface area contributed by atoms with E-state index >= 15 is 0 Å². The smallest absolute Gasteiger partial charge is 0.255 e. The molecule has 0 aromatic carbocycles. The molecule has 1 amide bonds. The van der Waals surface area contributed by atoms with E-state index in [1.807, 2.05) is 4.90 Å². The Labute approximate surface area is 149 Å². The van der Waals surface area contributed by atoms with E-state index in [0.29, 0.717) is 23.6 Å². The SMILES string of the molecule is CCCCNC(=O)c1cc(NS(=O)(=O)CC)cnc1N1CCNCC1. The van der Waals surface area contributed by atoms with Crippen molar-refractivity contribution in [1.29, 1.82) is 0 Å². The first-order chi connectivity index (χ1) is 12.0. The summed E-state index contributed by atoms with van der Waals surface area (Å²) in [6.07, 6.45) is 3.34. The van der Waals surface area contributed by atoms with Crippen LogP contribution in [0.4, 0.5) is 11.5 Å². The molecular weight excluding hydrogens is 342 g/mol. The maximum Gasteiger partial charge on any atom is 0.255 e. The highest BCUT2D eigenvalue weighted by Crippen LogP contribution is 2.22. The number of hydrogen-bond donors (Lipinski definition) is 3. The molecule has 1 saturated heterocycles. The summed E-state index contributed by atoms with van der Waals surface area (Å²) in [5.74, 6) is 0.326. The monoisotopic (exact) mass is 369 g/mol. The van der Waals surface area contributed by atoms with Gasteiger partial charge >= 0.3 is 0 Å². The second kappa shape index (κ2) is 9.00. The maximum absolute atomic E-state index is 12.6. The first kappa shape index (κ1) is 19.5. The van der Waals surface area contributed by atoms with Gasteiger partial charge in [-0.3, -0.25) is 9.52 Å². The number of nitrogens with zero attached hydrogens (tertiary/aromatic N) is 2. The minimum atomic E-state index is -3.42. The summed E-state index contributed by atoms with van der Waals surface area (Å²) in [5.41, 5.74) is 0.704. The number of carbonyl (C=O) groups is 1. The van der Waals surface area contributed by atoms with E-state index < -0.39 is 10.0 Å². The number of aromatic nitrogens is 1. The molecule has 0 unspecified atom stereocenters. The van der Waals surface area contributed by atoms with Gasteiger partial charge in [-0.05, 0) is 19.4 Å². The first-order valence-electron chi connectivity index (χ1n) is 8.71. The third-order valence-electron chi connectivity index (χ3n) is 4.00. The molecule has 0 radical (unpaired) electrons. The fraction of sp³-hybridized carbons (Fsp3) is 0.625. The minimum absolute atomic E-state index is 0.0371. The van der Waals surface area contributed by atoms with E-state index in [1.165, 1.54) is 6.20 Å². The number of carbonyl (C=O) groups excluding carboxylic acids is 1. The van der Waals surface area contributed by atoms with Gasteiger partial charge in [0.15, 0.2) is 0 Å². The van der Waals surface area contributed by atoms with Crippen LogP contribution in [0.5, 0.6) is 0 Å². The van der Waals surface area contributed by atoms with Crippen molar-refractivity contribution in [1.82, 2.24) is 15.6 Å². The lowest BCUT2D eigenvalue weighted by molar-refractivity contribution is 0.0953. The summed E-state index contributed by atoms with van der Waals surface area (Å²) in [6.45, 7) is 7.35. The molecule has 2 heterocycles. The molecule has 0 atom stereocenters. The Balaban J connectivity index is 2.29. The second-order valence-corrected chi connectivity index (χ2v) is 7.96. The molecule has 25 heavy (non-hydrogen) atoms. The van der Waals surface area contributed by atoms with Crippen molar-refractivity contribution in [2.75, 3.05) is 48.1 Å². The molecule has 1 fully saturated rings. The lowest BCUT2D eigenvalue weighted by atomic mass is 10.2. The molecule has 0 saturated carbocycles. The van der Waals surface area contributed by atoms with E-state index in [1.54, 1.807) is 13.0 Å². The number of hydrogen-bond acceptors (Lipinski definition) is 6. The van der Waals surface area contributed by atoms with Crippen molar-refractivity contribution in [3.63, 3.8) is 0 Å². The van der Waals surface area contributed by atoms with Crippen LogP contribution in [0, 0.1) is 0 Å². The molecule has 0 spiro atoms. The standard InChI is InChI=1S/C16H27N5O3S/c1-3-5-6-18-16(22)14-11-13(20-25(23,24)4-2)12-19-15(14)21-9-7-17-8-10-21/h11-12,17,20H,3-10H2,1-2H3,(H,18,22). The zero-order valence-electron chi connectivity index (χ0n) is 14.8. The van der Waals surface area contributed by atoms with E-state index in [9.17, 15) is 13.2 Å². The summed E-state index contributed by atoms with van der Waals surface area (Å²) < 4.78 is 26.0. The highest BCUT2D eigenvalue weighted by Gasteiger charge is 2.21. The number of rotatable bonds is 8. The van der Waals surface area contributed by atoms with Crippen molar-refractivity contribution >= 4 is 27.4 Å². The molecule has 1 aliphatic heterocycles. The van der Waals surface area contributed by atoms with Crippen molar-refractivity contribution < 1.29 is 13.2 Å². The molecule has 2 rings (SSSR count). The van der Waals surface area contributed by atoms with Gasteiger partial charge in [0.25, 0.3) is 5.91 Å². The summed E-state index contributed by atoms with van der Waals surface area (Å²) in [5, 5.41) is 6.15. The van der Waals surface area contributed by atoms with Crippen molar-refractivity contribution in [3.8, 4) is 0 Å². The Morgan fingerprint density at radius 1 is 1.32 bits per heavy atom. The molecule has 140 valence electrons. The number of amides is 1. The van der Waals surface area contributed by atoms with E-state index in [0.717, 1.165) is 39.0 Å². The average molecular weight is 369 g/mol. The topological polar surface area (TPSA) is 103 Å². The third kappa shape index (κ3) is 5.57. The van der Waals surface area contributed by atoms with Gasteiger partial charge in [-0.2, -0.15) is 0 Å². The van der Waals surface area contributed by atoms with Crippen LogP contribution in [0.3, 0.4) is 0 Å². The predicted octanol–water partition coefficient (Wildman–Crippen LogP) is 0.783. The molecule has 0 bridgehead atoms. The van der Waals surface area contributed by atoms with Crippen LogP contribution < -0.4 is 20.3 Å². The van der Waals surface area contributed by atoms with E-state index in [4.69, 9.17) is 0 Å². The summed E-state index contributed by atoms with van der Waals surface area (Å²) >= 11 is 0. The number of sulfonamides is 1. The molecule has 3 N–H and O–H groups in total. The Kier molecular flexibility index (Phi) is 7.01. The lowest BCUT2D eigenvalue weighted by Crippen LogP contribution is -2.44. The van der Waals surface area contributed by atoms with Gasteiger partial charge in [0, 0.05) is 32.7 Å². The van der Waals surface area contributed by atoms with Crippen molar-refractivity contribution in [2.45, 2.75) is 26.7 Å². The van der Waals surface area contributed by atoms with Crippen LogP contribution in [-0.4, -0.2) is 57.8 Å². The number of pyridine rings is 1. The largest absolute Gasteiger partial charge is 0.353 e. The van der Waals surface area contributed by atoms with Crippen molar-refractivity contribution in [3.05, 3.63) is 17.8 Å². The van der Waals surface area contributed by atoms with Gasteiger partial charge in [0.05, 0.1) is 23.2 Å². The quantitative estimate of drug-likeness (QED) is 0.585. The van der Waals surface area contributed by atoms with Gasteiger partial charge in [0.1, 0.15) is 5.82 Å². The van der Waals surface area contributed by atoms with Crippen LogP contribution in [0.25, 0.3) is 0 Å². The fourth-order valence-electron chi connectivity index (χ4n) is 2.53. The zero-order valence-corrected chi connectivity index (χ0v) is 15.7. The predicted molar refractivity (Wildman–Crippen MR) is 99.6 cm³/mol. The Morgan fingerprint density at radius 2 is 2.04 bits per heavy atom. The number of nitrogens with one attached hydrogen (secondary N) is 3. The Morgan fingerprint density at radius 3 is 2.68 bits per heavy atom. The summed E-state index contributed by atoms with van der Waals surface area (Å²) in [7, 11) is -3.42. The Bertz CT molecular complexity index is 687. The maximum atomic E-state index is 12.6. The van der Waals surface area contributed by atoms with Gasteiger partial charge in [-0.1, -0.05) is 13.3 Å². The van der Waals surface area contributed by atoms with Crippen molar-refractivity contribution in [2.24, 2.45) is 0 Å². The Hall–Kier alpha value is -1.87. The molecule has 8 nitrogen and oxygen atoms in total. The first-order valence-corrected chi connectivity index (χ1v) is 10.4. The molecular formula is C16H27N5O3S. The van der Waals surface area contributed by atoms with Gasteiger partial charge in [0.2, 0.25) is 10.0 Å². The zero-order chi connectivity index (χ0) is 18.3. The normalized spacial score (nSPS) is 15.0. The van der Waals surface area contributed by atoms with Crippen LogP contribution in [0.15, 0.2) is 12.3 Å². The second-order valence-electron chi connectivity index (χ2n) is 5.95. The minimum Gasteiger partial charge on any atom is -0.353 e. The third-order valence-corrected chi connectivity index (χ3v) is 5.30. The van der Waals surface area contributed by atoms with Gasteiger partial charge < -0.3 is 15.5 Å². The van der Waals surface area contributed by atoms with Crippen LogP contribution >= 0.6 is 0 Å².